The average molecular weight is 336 g/mol. The summed E-state index contributed by atoms with van der Waals surface area (Å²) in [5.41, 5.74) is 2.79. The van der Waals surface area contributed by atoms with Crippen molar-refractivity contribution in [1.82, 2.24) is 9.88 Å². The van der Waals surface area contributed by atoms with Crippen molar-refractivity contribution in [3.63, 3.8) is 0 Å². The summed E-state index contributed by atoms with van der Waals surface area (Å²) in [5.74, 6) is -0.0713. The fraction of sp³-hybridized carbons (Fsp3) is 0.350. The van der Waals surface area contributed by atoms with Crippen LogP contribution in [0.3, 0.4) is 0 Å². The van der Waals surface area contributed by atoms with Gasteiger partial charge in [0.05, 0.1) is 11.9 Å². The zero-order chi connectivity index (χ0) is 17.6. The van der Waals surface area contributed by atoms with Crippen molar-refractivity contribution < 1.29 is 4.79 Å². The number of carbonyl (C=O) groups excluding carboxylic acids is 1. The van der Waals surface area contributed by atoms with Crippen LogP contribution in [-0.4, -0.2) is 48.2 Å². The number of para-hydroxylation sites is 1. The Hall–Kier alpha value is -2.53. The van der Waals surface area contributed by atoms with Crippen LogP contribution < -0.4 is 4.90 Å². The molecular weight excluding hydrogens is 312 g/mol. The van der Waals surface area contributed by atoms with E-state index < -0.39 is 0 Å². The van der Waals surface area contributed by atoms with Gasteiger partial charge in [0.2, 0.25) is 0 Å². The van der Waals surface area contributed by atoms with Gasteiger partial charge in [-0.15, -0.1) is 0 Å². The number of benzene rings is 1. The molecule has 0 fully saturated rings. The highest BCUT2D eigenvalue weighted by Gasteiger charge is 2.26. The molecule has 2 heterocycles. The summed E-state index contributed by atoms with van der Waals surface area (Å²) in [6.45, 7) is 7.73. The molecule has 0 spiro atoms. The van der Waals surface area contributed by atoms with Gasteiger partial charge in [0.25, 0.3) is 5.91 Å². The molecule has 1 aromatic heterocycles. The van der Waals surface area contributed by atoms with Crippen LogP contribution >= 0.6 is 0 Å². The Bertz CT molecular complexity index is 740. The third-order valence-corrected chi connectivity index (χ3v) is 4.62. The molecule has 0 aliphatic carbocycles. The topological polar surface area (TPSA) is 48.8 Å². The van der Waals surface area contributed by atoms with Crippen LogP contribution in [-0.2, 0) is 4.79 Å². The largest absolute Gasteiger partial charge is 0.306 e. The van der Waals surface area contributed by atoms with E-state index in [1.807, 2.05) is 47.4 Å². The van der Waals surface area contributed by atoms with E-state index in [-0.39, 0.29) is 11.9 Å². The van der Waals surface area contributed by atoms with Crippen molar-refractivity contribution in [3.8, 4) is 0 Å². The van der Waals surface area contributed by atoms with E-state index in [0.29, 0.717) is 6.54 Å². The highest BCUT2D eigenvalue weighted by Crippen LogP contribution is 2.34. The van der Waals surface area contributed by atoms with Crippen molar-refractivity contribution >= 4 is 17.8 Å². The third kappa shape index (κ3) is 3.77. The molecule has 1 amide bonds. The maximum Gasteiger partial charge on any atom is 0.269 e. The number of amides is 1. The molecular formula is C20H24N4O. The first kappa shape index (κ1) is 17.3. The number of likely N-dealkylation sites (N-methyl/N-ethyl adjacent to an activating group) is 1. The molecule has 3 rings (SSSR count). The number of pyridine rings is 1. The normalized spacial score (nSPS) is 16.8. The molecule has 0 N–H and O–H groups in total. The standard InChI is InChI=1S/C20H24N4O/c1-3-23(4-2)13-14-24-18-11-6-5-9-16(18)20(22-15-19(24)25)17-10-7-8-12-21-17/h5-12,15,20H,3-4,13-14H2,1-2H3. The lowest BCUT2D eigenvalue weighted by Crippen LogP contribution is -2.39. The number of aromatic nitrogens is 1. The van der Waals surface area contributed by atoms with Gasteiger partial charge >= 0.3 is 0 Å². The molecule has 0 radical (unpaired) electrons. The van der Waals surface area contributed by atoms with Gasteiger partial charge in [0, 0.05) is 30.5 Å². The van der Waals surface area contributed by atoms with E-state index in [0.717, 1.165) is 36.6 Å². The monoisotopic (exact) mass is 336 g/mol. The molecule has 1 aliphatic heterocycles. The Balaban J connectivity index is 1.95. The number of rotatable bonds is 6. The average Bonchev–Trinajstić information content (AvgIpc) is 2.80. The molecule has 1 aliphatic rings. The molecule has 1 unspecified atom stereocenters. The molecule has 2 aromatic rings. The van der Waals surface area contributed by atoms with Crippen LogP contribution in [0.25, 0.3) is 0 Å². The highest BCUT2D eigenvalue weighted by molar-refractivity contribution is 6.33. The molecule has 130 valence electrons. The minimum Gasteiger partial charge on any atom is -0.306 e. The minimum absolute atomic E-state index is 0.0713. The molecule has 0 bridgehead atoms. The summed E-state index contributed by atoms with van der Waals surface area (Å²) in [4.78, 5) is 25.8. The van der Waals surface area contributed by atoms with Gasteiger partial charge in [-0.2, -0.15) is 0 Å². The Morgan fingerprint density at radius 3 is 2.56 bits per heavy atom. The van der Waals surface area contributed by atoms with Crippen LogP contribution in [0, 0.1) is 0 Å². The number of hydrogen-bond acceptors (Lipinski definition) is 4. The summed E-state index contributed by atoms with van der Waals surface area (Å²) in [6.07, 6.45) is 3.21. The molecule has 25 heavy (non-hydrogen) atoms. The van der Waals surface area contributed by atoms with Gasteiger partial charge in [-0.25, -0.2) is 0 Å². The first-order valence-electron chi connectivity index (χ1n) is 8.81. The second kappa shape index (κ2) is 8.03. The lowest BCUT2D eigenvalue weighted by atomic mass is 10.0. The fourth-order valence-electron chi connectivity index (χ4n) is 3.16. The van der Waals surface area contributed by atoms with Crippen LogP contribution in [0.15, 0.2) is 53.7 Å². The number of aliphatic imine (C=N–C) groups is 1. The molecule has 5 heteroatoms. The van der Waals surface area contributed by atoms with Gasteiger partial charge in [-0.1, -0.05) is 38.1 Å². The number of fused-ring (bicyclic) bond motifs is 1. The van der Waals surface area contributed by atoms with Crippen molar-refractivity contribution in [3.05, 3.63) is 59.9 Å². The van der Waals surface area contributed by atoms with E-state index in [1.165, 1.54) is 6.21 Å². The van der Waals surface area contributed by atoms with Crippen molar-refractivity contribution in [2.24, 2.45) is 4.99 Å². The summed E-state index contributed by atoms with van der Waals surface area (Å²) in [5, 5.41) is 0. The Morgan fingerprint density at radius 1 is 1.08 bits per heavy atom. The van der Waals surface area contributed by atoms with E-state index >= 15 is 0 Å². The van der Waals surface area contributed by atoms with E-state index in [9.17, 15) is 4.79 Å². The van der Waals surface area contributed by atoms with Gasteiger partial charge < -0.3 is 9.80 Å². The second-order valence-electron chi connectivity index (χ2n) is 6.01. The summed E-state index contributed by atoms with van der Waals surface area (Å²) in [6, 6.07) is 13.5. The van der Waals surface area contributed by atoms with Crippen molar-refractivity contribution in [2.45, 2.75) is 19.9 Å². The van der Waals surface area contributed by atoms with Crippen molar-refractivity contribution in [1.29, 1.82) is 0 Å². The lowest BCUT2D eigenvalue weighted by molar-refractivity contribution is -0.112. The van der Waals surface area contributed by atoms with E-state index in [1.54, 1.807) is 6.20 Å². The van der Waals surface area contributed by atoms with Gasteiger partial charge in [-0.05, 0) is 31.3 Å². The Labute approximate surface area is 149 Å². The second-order valence-corrected chi connectivity index (χ2v) is 6.01. The summed E-state index contributed by atoms with van der Waals surface area (Å²) < 4.78 is 0. The van der Waals surface area contributed by atoms with E-state index in [2.05, 4.69) is 28.7 Å². The highest BCUT2D eigenvalue weighted by atomic mass is 16.2. The summed E-state index contributed by atoms with van der Waals surface area (Å²) in [7, 11) is 0. The zero-order valence-corrected chi connectivity index (χ0v) is 14.8. The predicted molar refractivity (Wildman–Crippen MR) is 101 cm³/mol. The first-order chi connectivity index (χ1) is 12.2. The van der Waals surface area contributed by atoms with Crippen LogP contribution in [0.4, 0.5) is 5.69 Å². The quantitative estimate of drug-likeness (QED) is 0.815. The SMILES string of the molecule is CCN(CC)CCN1C(=O)C=NC(c2ccccn2)c2ccccc21. The number of anilines is 1. The predicted octanol–water partition coefficient (Wildman–Crippen LogP) is 2.93. The number of nitrogens with zero attached hydrogens (tertiary/aromatic N) is 4. The zero-order valence-electron chi connectivity index (χ0n) is 14.8. The molecule has 1 atom stereocenters. The summed E-state index contributed by atoms with van der Waals surface area (Å²) >= 11 is 0. The molecule has 0 saturated heterocycles. The maximum absolute atomic E-state index is 12.7. The number of hydrogen-bond donors (Lipinski definition) is 0. The van der Waals surface area contributed by atoms with E-state index in [4.69, 9.17) is 0 Å². The fourth-order valence-corrected chi connectivity index (χ4v) is 3.16. The molecule has 1 aromatic carbocycles. The smallest absolute Gasteiger partial charge is 0.269 e. The third-order valence-electron chi connectivity index (χ3n) is 4.62. The van der Waals surface area contributed by atoms with Crippen LogP contribution in [0.5, 0.6) is 0 Å². The van der Waals surface area contributed by atoms with Crippen LogP contribution in [0.1, 0.15) is 31.1 Å². The van der Waals surface area contributed by atoms with Crippen molar-refractivity contribution in [2.75, 3.05) is 31.1 Å². The number of carbonyl (C=O) groups is 1. The molecule has 5 nitrogen and oxygen atoms in total. The maximum atomic E-state index is 12.7. The van der Waals surface area contributed by atoms with Crippen LogP contribution in [0.2, 0.25) is 0 Å². The first-order valence-corrected chi connectivity index (χ1v) is 8.81. The minimum atomic E-state index is -0.250. The van der Waals surface area contributed by atoms with Gasteiger partial charge in [0.15, 0.2) is 0 Å². The lowest BCUT2D eigenvalue weighted by Gasteiger charge is -2.26. The van der Waals surface area contributed by atoms with Gasteiger partial charge in [0.1, 0.15) is 6.04 Å². The Kier molecular flexibility index (Phi) is 5.56. The van der Waals surface area contributed by atoms with Gasteiger partial charge in [-0.3, -0.25) is 14.8 Å². The molecule has 0 saturated carbocycles. The Morgan fingerprint density at radius 2 is 1.84 bits per heavy atom.